The molecule has 0 atom stereocenters. The molecule has 23 heavy (non-hydrogen) atoms. The lowest BCUT2D eigenvalue weighted by Gasteiger charge is -2.09. The van der Waals surface area contributed by atoms with E-state index < -0.39 is 0 Å². The Kier molecular flexibility index (Phi) is 3.92. The van der Waals surface area contributed by atoms with E-state index in [1.54, 1.807) is 42.5 Å². The topological polar surface area (TPSA) is 104 Å². The molecule has 7 nitrogen and oxygen atoms in total. The number of carbonyl (C=O) groups excluding carboxylic acids is 2. The summed E-state index contributed by atoms with van der Waals surface area (Å²) in [5.41, 5.74) is 1.86. The fourth-order valence-corrected chi connectivity index (χ4v) is 2.16. The van der Waals surface area contributed by atoms with E-state index in [2.05, 4.69) is 15.3 Å². The predicted molar refractivity (Wildman–Crippen MR) is 84.9 cm³/mol. The van der Waals surface area contributed by atoms with Gasteiger partial charge in [-0.1, -0.05) is 12.1 Å². The van der Waals surface area contributed by atoms with E-state index in [4.69, 9.17) is 4.74 Å². The van der Waals surface area contributed by atoms with Crippen molar-refractivity contribution in [3.63, 3.8) is 0 Å². The van der Waals surface area contributed by atoms with Gasteiger partial charge in [0.15, 0.2) is 12.9 Å². The van der Waals surface area contributed by atoms with Gasteiger partial charge in [-0.2, -0.15) is 0 Å². The van der Waals surface area contributed by atoms with Crippen LogP contribution in [0.3, 0.4) is 0 Å². The number of H-pyrrole nitrogens is 2. The number of aldehydes is 1. The number of imidazole rings is 1. The third-order valence-electron chi connectivity index (χ3n) is 3.20. The number of carbonyl (C=O) groups is 2. The van der Waals surface area contributed by atoms with Crippen molar-refractivity contribution < 1.29 is 14.3 Å². The summed E-state index contributed by atoms with van der Waals surface area (Å²) in [6.07, 6.45) is 0.670. The van der Waals surface area contributed by atoms with Gasteiger partial charge >= 0.3 is 5.69 Å². The molecule has 3 N–H and O–H groups in total. The van der Waals surface area contributed by atoms with E-state index in [9.17, 15) is 14.4 Å². The first-order valence-corrected chi connectivity index (χ1v) is 6.84. The van der Waals surface area contributed by atoms with E-state index in [0.29, 0.717) is 34.3 Å². The van der Waals surface area contributed by atoms with Crippen LogP contribution in [0, 0.1) is 0 Å². The summed E-state index contributed by atoms with van der Waals surface area (Å²) in [7, 11) is 0. The second kappa shape index (κ2) is 6.18. The van der Waals surface area contributed by atoms with E-state index in [-0.39, 0.29) is 18.2 Å². The molecular weight excluding hydrogens is 298 g/mol. The van der Waals surface area contributed by atoms with Crippen LogP contribution in [0.25, 0.3) is 11.0 Å². The van der Waals surface area contributed by atoms with E-state index in [1.165, 1.54) is 0 Å². The summed E-state index contributed by atoms with van der Waals surface area (Å²) < 4.78 is 5.35. The largest absolute Gasteiger partial charge is 0.483 e. The van der Waals surface area contributed by atoms with Gasteiger partial charge in [0.2, 0.25) is 0 Å². The molecular formula is C16H13N3O4. The minimum Gasteiger partial charge on any atom is -0.483 e. The van der Waals surface area contributed by atoms with Gasteiger partial charge in [-0.3, -0.25) is 9.59 Å². The maximum Gasteiger partial charge on any atom is 0.323 e. The molecule has 0 fully saturated rings. The van der Waals surface area contributed by atoms with Gasteiger partial charge in [-0.15, -0.1) is 0 Å². The average Bonchev–Trinajstić information content (AvgIpc) is 2.92. The highest BCUT2D eigenvalue weighted by Crippen LogP contribution is 2.16. The molecule has 0 aliphatic rings. The van der Waals surface area contributed by atoms with E-state index >= 15 is 0 Å². The van der Waals surface area contributed by atoms with Crippen molar-refractivity contribution in [2.24, 2.45) is 0 Å². The Morgan fingerprint density at radius 1 is 1.13 bits per heavy atom. The Hall–Kier alpha value is -3.35. The normalized spacial score (nSPS) is 10.4. The Morgan fingerprint density at radius 3 is 2.74 bits per heavy atom. The number of ether oxygens (including phenoxy) is 1. The van der Waals surface area contributed by atoms with Crippen molar-refractivity contribution in [2.45, 2.75) is 0 Å². The highest BCUT2D eigenvalue weighted by molar-refractivity contribution is 5.94. The van der Waals surface area contributed by atoms with Gasteiger partial charge in [0.1, 0.15) is 5.75 Å². The lowest BCUT2D eigenvalue weighted by Crippen LogP contribution is -2.20. The molecule has 1 amide bonds. The van der Waals surface area contributed by atoms with Crippen molar-refractivity contribution in [1.82, 2.24) is 9.97 Å². The molecule has 1 heterocycles. The van der Waals surface area contributed by atoms with Crippen molar-refractivity contribution in [2.75, 3.05) is 11.9 Å². The first-order valence-electron chi connectivity index (χ1n) is 6.84. The van der Waals surface area contributed by atoms with Crippen LogP contribution in [0.4, 0.5) is 5.69 Å². The number of benzene rings is 2. The zero-order valence-electron chi connectivity index (χ0n) is 12.0. The van der Waals surface area contributed by atoms with Crippen LogP contribution in [-0.4, -0.2) is 28.8 Å². The summed E-state index contributed by atoms with van der Waals surface area (Å²) in [4.78, 5) is 39.2. The van der Waals surface area contributed by atoms with E-state index in [0.717, 1.165) is 0 Å². The second-order valence-electron chi connectivity index (χ2n) is 4.83. The first kappa shape index (κ1) is 14.6. The summed E-state index contributed by atoms with van der Waals surface area (Å²) in [6, 6.07) is 11.7. The summed E-state index contributed by atoms with van der Waals surface area (Å²) in [6.45, 7) is -0.230. The number of fused-ring (bicyclic) bond motifs is 1. The monoisotopic (exact) mass is 311 g/mol. The molecule has 0 spiro atoms. The number of rotatable bonds is 5. The zero-order valence-corrected chi connectivity index (χ0v) is 12.0. The predicted octanol–water partition coefficient (Wildman–Crippen LogP) is 1.69. The maximum absolute atomic E-state index is 11.9. The second-order valence-corrected chi connectivity index (χ2v) is 4.83. The molecule has 0 aliphatic carbocycles. The number of amides is 1. The fraction of sp³-hybridized carbons (Fsp3) is 0.0625. The Morgan fingerprint density at radius 2 is 1.91 bits per heavy atom. The smallest absolute Gasteiger partial charge is 0.323 e. The number of aromatic amines is 2. The van der Waals surface area contributed by atoms with Crippen LogP contribution in [0.2, 0.25) is 0 Å². The van der Waals surface area contributed by atoms with Gasteiger partial charge in [0, 0.05) is 5.69 Å². The van der Waals surface area contributed by atoms with Gasteiger partial charge in [0.25, 0.3) is 5.91 Å². The highest BCUT2D eigenvalue weighted by Gasteiger charge is 2.07. The number of hydrogen-bond acceptors (Lipinski definition) is 4. The molecule has 0 radical (unpaired) electrons. The molecule has 2 aromatic carbocycles. The minimum atomic E-state index is -0.372. The SMILES string of the molecule is O=Cc1ccccc1OCC(=O)Nc1ccc2[nH]c(=O)[nH]c2c1. The standard InChI is InChI=1S/C16H13N3O4/c20-8-10-3-1-2-4-14(10)23-9-15(21)17-11-5-6-12-13(7-11)19-16(22)18-12/h1-8H,9H2,(H,17,21)(H2,18,19,22). The van der Waals surface area contributed by atoms with Crippen molar-refractivity contribution >= 4 is 28.9 Å². The van der Waals surface area contributed by atoms with Crippen molar-refractivity contribution in [1.29, 1.82) is 0 Å². The lowest BCUT2D eigenvalue weighted by molar-refractivity contribution is -0.118. The quantitative estimate of drug-likeness (QED) is 0.624. The van der Waals surface area contributed by atoms with Gasteiger partial charge in [-0.25, -0.2) is 4.79 Å². The molecule has 0 bridgehead atoms. The van der Waals surface area contributed by atoms with Crippen LogP contribution in [0.5, 0.6) is 5.75 Å². The molecule has 3 aromatic rings. The average molecular weight is 311 g/mol. The number of nitrogens with one attached hydrogen (secondary N) is 3. The van der Waals surface area contributed by atoms with Gasteiger partial charge < -0.3 is 20.0 Å². The third kappa shape index (κ3) is 3.29. The Balaban J connectivity index is 1.66. The highest BCUT2D eigenvalue weighted by atomic mass is 16.5. The molecule has 1 aromatic heterocycles. The molecule has 0 unspecified atom stereocenters. The number of aromatic nitrogens is 2. The molecule has 0 aliphatic heterocycles. The zero-order chi connectivity index (χ0) is 16.2. The van der Waals surface area contributed by atoms with Crippen LogP contribution in [-0.2, 0) is 4.79 Å². The van der Waals surface area contributed by atoms with Crippen LogP contribution < -0.4 is 15.7 Å². The molecule has 3 rings (SSSR count). The lowest BCUT2D eigenvalue weighted by atomic mass is 10.2. The Labute approximate surface area is 130 Å². The maximum atomic E-state index is 11.9. The van der Waals surface area contributed by atoms with Crippen molar-refractivity contribution in [3.8, 4) is 5.75 Å². The first-order chi connectivity index (χ1) is 11.2. The molecule has 7 heteroatoms. The van der Waals surface area contributed by atoms with Crippen LogP contribution >= 0.6 is 0 Å². The molecule has 116 valence electrons. The molecule has 0 saturated carbocycles. The number of para-hydroxylation sites is 1. The molecule has 0 saturated heterocycles. The minimum absolute atomic E-state index is 0.230. The van der Waals surface area contributed by atoms with E-state index in [1.807, 2.05) is 0 Å². The summed E-state index contributed by atoms with van der Waals surface area (Å²) in [5.74, 6) is -0.0222. The van der Waals surface area contributed by atoms with Crippen LogP contribution in [0.1, 0.15) is 10.4 Å². The number of hydrogen-bond donors (Lipinski definition) is 3. The van der Waals surface area contributed by atoms with Crippen LogP contribution in [0.15, 0.2) is 47.3 Å². The van der Waals surface area contributed by atoms with Gasteiger partial charge in [0.05, 0.1) is 16.6 Å². The third-order valence-corrected chi connectivity index (χ3v) is 3.20. The fourth-order valence-electron chi connectivity index (χ4n) is 2.16. The number of anilines is 1. The summed E-state index contributed by atoms with van der Waals surface area (Å²) in [5, 5.41) is 2.66. The Bertz CT molecular complexity index is 926. The summed E-state index contributed by atoms with van der Waals surface area (Å²) >= 11 is 0. The van der Waals surface area contributed by atoms with Crippen molar-refractivity contribution in [3.05, 3.63) is 58.5 Å². The van der Waals surface area contributed by atoms with Gasteiger partial charge in [-0.05, 0) is 30.3 Å².